The van der Waals surface area contributed by atoms with Gasteiger partial charge in [-0.15, -0.1) is 0 Å². The lowest BCUT2D eigenvalue weighted by atomic mass is 10.2. The standard InChI is InChI=1S/C16H23N5/c1-13-5-7-14(8-6-13)21(12-4-10-17)15-9-11-18-16(19-15)20(2)3/h5-9,11H,4,10,12,17H2,1-3H3. The van der Waals surface area contributed by atoms with Crippen molar-refractivity contribution in [3.63, 3.8) is 0 Å². The first-order valence-electron chi connectivity index (χ1n) is 7.16. The van der Waals surface area contributed by atoms with Crippen LogP contribution in [0.2, 0.25) is 0 Å². The number of nitrogens with two attached hydrogens (primary N) is 1. The molecule has 2 aromatic rings. The van der Waals surface area contributed by atoms with Crippen molar-refractivity contribution < 1.29 is 0 Å². The van der Waals surface area contributed by atoms with Crippen LogP contribution < -0.4 is 15.5 Å². The van der Waals surface area contributed by atoms with Gasteiger partial charge < -0.3 is 15.5 Å². The Kier molecular flexibility index (Phi) is 5.11. The second kappa shape index (κ2) is 7.04. The molecule has 0 aliphatic carbocycles. The zero-order valence-electron chi connectivity index (χ0n) is 13.0. The van der Waals surface area contributed by atoms with Crippen LogP contribution in [-0.4, -0.2) is 37.2 Å². The minimum Gasteiger partial charge on any atom is -0.347 e. The molecular weight excluding hydrogens is 262 g/mol. The summed E-state index contributed by atoms with van der Waals surface area (Å²) in [6.07, 6.45) is 2.70. The van der Waals surface area contributed by atoms with Crippen LogP contribution in [-0.2, 0) is 0 Å². The Morgan fingerprint density at radius 2 is 1.81 bits per heavy atom. The largest absolute Gasteiger partial charge is 0.347 e. The van der Waals surface area contributed by atoms with Crippen molar-refractivity contribution in [3.05, 3.63) is 42.1 Å². The summed E-state index contributed by atoms with van der Waals surface area (Å²) in [5.74, 6) is 1.60. The molecule has 5 nitrogen and oxygen atoms in total. The molecule has 5 heteroatoms. The highest BCUT2D eigenvalue weighted by Gasteiger charge is 2.12. The van der Waals surface area contributed by atoms with Crippen LogP contribution >= 0.6 is 0 Å². The lowest BCUT2D eigenvalue weighted by Gasteiger charge is -2.24. The highest BCUT2D eigenvalue weighted by Crippen LogP contribution is 2.25. The molecule has 0 saturated carbocycles. The number of hydrogen-bond donors (Lipinski definition) is 1. The van der Waals surface area contributed by atoms with Crippen molar-refractivity contribution in [3.8, 4) is 0 Å². The van der Waals surface area contributed by atoms with Gasteiger partial charge in [0.25, 0.3) is 0 Å². The van der Waals surface area contributed by atoms with Gasteiger partial charge in [0.1, 0.15) is 5.82 Å². The highest BCUT2D eigenvalue weighted by atomic mass is 15.3. The van der Waals surface area contributed by atoms with E-state index in [1.807, 2.05) is 25.1 Å². The van der Waals surface area contributed by atoms with E-state index >= 15 is 0 Å². The van der Waals surface area contributed by atoms with Gasteiger partial charge in [0.2, 0.25) is 5.95 Å². The van der Waals surface area contributed by atoms with E-state index in [1.54, 1.807) is 6.20 Å². The topological polar surface area (TPSA) is 58.3 Å². The first-order valence-corrected chi connectivity index (χ1v) is 7.16. The van der Waals surface area contributed by atoms with Crippen LogP contribution in [0.5, 0.6) is 0 Å². The summed E-state index contributed by atoms with van der Waals surface area (Å²) < 4.78 is 0. The first kappa shape index (κ1) is 15.3. The predicted octanol–water partition coefficient (Wildman–Crippen LogP) is 2.34. The fourth-order valence-corrected chi connectivity index (χ4v) is 2.06. The predicted molar refractivity (Wildman–Crippen MR) is 88.2 cm³/mol. The lowest BCUT2D eigenvalue weighted by molar-refractivity contribution is 0.807. The number of nitrogens with zero attached hydrogens (tertiary/aromatic N) is 4. The third-order valence-electron chi connectivity index (χ3n) is 3.24. The van der Waals surface area contributed by atoms with E-state index in [-0.39, 0.29) is 0 Å². The summed E-state index contributed by atoms with van der Waals surface area (Å²) in [6.45, 7) is 3.58. The maximum atomic E-state index is 5.67. The van der Waals surface area contributed by atoms with E-state index in [1.165, 1.54) is 5.56 Å². The lowest BCUT2D eigenvalue weighted by Crippen LogP contribution is -2.23. The number of aryl methyl sites for hydroxylation is 1. The van der Waals surface area contributed by atoms with Crippen LogP contribution in [0.4, 0.5) is 17.5 Å². The molecule has 2 rings (SSSR count). The fourth-order valence-electron chi connectivity index (χ4n) is 2.06. The number of rotatable bonds is 6. The molecule has 0 bridgehead atoms. The number of hydrogen-bond acceptors (Lipinski definition) is 5. The number of aromatic nitrogens is 2. The van der Waals surface area contributed by atoms with Crippen molar-refractivity contribution in [2.24, 2.45) is 5.73 Å². The van der Waals surface area contributed by atoms with Crippen molar-refractivity contribution in [1.82, 2.24) is 9.97 Å². The van der Waals surface area contributed by atoms with E-state index in [0.717, 1.165) is 24.5 Å². The van der Waals surface area contributed by atoms with Crippen molar-refractivity contribution >= 4 is 17.5 Å². The zero-order chi connectivity index (χ0) is 15.2. The first-order chi connectivity index (χ1) is 10.1. The molecule has 0 unspecified atom stereocenters. The Balaban J connectivity index is 2.35. The summed E-state index contributed by atoms with van der Waals surface area (Å²) in [6, 6.07) is 10.4. The van der Waals surface area contributed by atoms with Gasteiger partial charge in [-0.25, -0.2) is 4.98 Å². The van der Waals surface area contributed by atoms with Crippen LogP contribution in [0.15, 0.2) is 36.5 Å². The molecule has 0 amide bonds. The zero-order valence-corrected chi connectivity index (χ0v) is 13.0. The fraction of sp³-hybridized carbons (Fsp3) is 0.375. The summed E-state index contributed by atoms with van der Waals surface area (Å²) in [5.41, 5.74) is 8.03. The molecule has 0 radical (unpaired) electrons. The Labute approximate surface area is 126 Å². The average Bonchev–Trinajstić information content (AvgIpc) is 2.49. The number of anilines is 3. The molecular formula is C16H23N5. The number of benzene rings is 1. The van der Waals surface area contributed by atoms with E-state index in [4.69, 9.17) is 5.73 Å². The molecule has 0 aliphatic rings. The van der Waals surface area contributed by atoms with Gasteiger partial charge >= 0.3 is 0 Å². The van der Waals surface area contributed by atoms with Gasteiger partial charge in [-0.05, 0) is 38.1 Å². The third kappa shape index (κ3) is 3.92. The van der Waals surface area contributed by atoms with E-state index in [0.29, 0.717) is 12.5 Å². The van der Waals surface area contributed by atoms with E-state index < -0.39 is 0 Å². The summed E-state index contributed by atoms with van der Waals surface area (Å²) in [5, 5.41) is 0. The Morgan fingerprint density at radius 1 is 1.10 bits per heavy atom. The minimum atomic E-state index is 0.661. The van der Waals surface area contributed by atoms with Crippen molar-refractivity contribution in [2.45, 2.75) is 13.3 Å². The quantitative estimate of drug-likeness (QED) is 0.883. The summed E-state index contributed by atoms with van der Waals surface area (Å²) in [7, 11) is 3.88. The molecule has 1 heterocycles. The van der Waals surface area contributed by atoms with Gasteiger partial charge in [0.15, 0.2) is 0 Å². The van der Waals surface area contributed by atoms with Gasteiger partial charge in [-0.2, -0.15) is 4.98 Å². The molecule has 112 valence electrons. The highest BCUT2D eigenvalue weighted by molar-refractivity contribution is 5.61. The molecule has 0 saturated heterocycles. The van der Waals surface area contributed by atoms with Gasteiger partial charge in [0.05, 0.1) is 0 Å². The van der Waals surface area contributed by atoms with Crippen LogP contribution in [0.1, 0.15) is 12.0 Å². The second-order valence-corrected chi connectivity index (χ2v) is 5.24. The summed E-state index contributed by atoms with van der Waals surface area (Å²) in [4.78, 5) is 13.0. The van der Waals surface area contributed by atoms with Gasteiger partial charge in [-0.1, -0.05) is 17.7 Å². The molecule has 0 fully saturated rings. The molecule has 0 aliphatic heterocycles. The van der Waals surface area contributed by atoms with Gasteiger partial charge in [0, 0.05) is 32.5 Å². The Morgan fingerprint density at radius 3 is 2.43 bits per heavy atom. The smallest absolute Gasteiger partial charge is 0.226 e. The molecule has 0 atom stereocenters. The van der Waals surface area contributed by atoms with E-state index in [9.17, 15) is 0 Å². The second-order valence-electron chi connectivity index (χ2n) is 5.24. The molecule has 1 aromatic heterocycles. The molecule has 2 N–H and O–H groups in total. The SMILES string of the molecule is Cc1ccc(N(CCCN)c2ccnc(N(C)C)n2)cc1. The Bertz CT molecular complexity index is 565. The van der Waals surface area contributed by atoms with Crippen LogP contribution in [0.3, 0.4) is 0 Å². The van der Waals surface area contributed by atoms with Crippen molar-refractivity contribution in [2.75, 3.05) is 37.0 Å². The molecule has 1 aromatic carbocycles. The molecule has 21 heavy (non-hydrogen) atoms. The monoisotopic (exact) mass is 285 g/mol. The average molecular weight is 285 g/mol. The minimum absolute atomic E-state index is 0.661. The molecule has 0 spiro atoms. The maximum absolute atomic E-state index is 5.67. The van der Waals surface area contributed by atoms with Crippen molar-refractivity contribution in [1.29, 1.82) is 0 Å². The normalized spacial score (nSPS) is 10.5. The van der Waals surface area contributed by atoms with E-state index in [2.05, 4.69) is 46.1 Å². The summed E-state index contributed by atoms with van der Waals surface area (Å²) >= 11 is 0. The van der Waals surface area contributed by atoms with Crippen LogP contribution in [0.25, 0.3) is 0 Å². The third-order valence-corrected chi connectivity index (χ3v) is 3.24. The Hall–Kier alpha value is -2.14. The van der Waals surface area contributed by atoms with Gasteiger partial charge in [-0.3, -0.25) is 0 Å². The van der Waals surface area contributed by atoms with Crippen LogP contribution in [0, 0.1) is 6.92 Å². The maximum Gasteiger partial charge on any atom is 0.226 e.